The number of para-hydroxylation sites is 1. The highest BCUT2D eigenvalue weighted by molar-refractivity contribution is 6.03. The average Bonchev–Trinajstić information content (AvgIpc) is 3.30. The molecule has 31 heavy (non-hydrogen) atoms. The summed E-state index contributed by atoms with van der Waals surface area (Å²) in [5.74, 6) is -1.04. The van der Waals surface area contributed by atoms with Gasteiger partial charge in [-0.05, 0) is 47.5 Å². The Labute approximate surface area is 178 Å². The molecule has 0 aliphatic carbocycles. The van der Waals surface area contributed by atoms with Crippen molar-refractivity contribution in [1.82, 2.24) is 9.88 Å². The van der Waals surface area contributed by atoms with E-state index in [9.17, 15) is 14.0 Å². The number of benzene rings is 3. The highest BCUT2D eigenvalue weighted by atomic mass is 19.1. The van der Waals surface area contributed by atoms with Gasteiger partial charge in [0.1, 0.15) is 12.4 Å². The SMILES string of the molecule is COC(=O)CN1C(=O)c2ccccc2C1c1c(-c2ccc(F)cc2)[nH]c2ccccc12. The highest BCUT2D eigenvalue weighted by Gasteiger charge is 2.41. The number of nitrogens with one attached hydrogen (secondary N) is 1. The van der Waals surface area contributed by atoms with Gasteiger partial charge in [0.05, 0.1) is 18.8 Å². The summed E-state index contributed by atoms with van der Waals surface area (Å²) in [5.41, 5.74) is 4.72. The second-order valence-corrected chi connectivity index (χ2v) is 7.47. The zero-order valence-corrected chi connectivity index (χ0v) is 16.8. The van der Waals surface area contributed by atoms with Crippen molar-refractivity contribution in [3.8, 4) is 11.3 Å². The van der Waals surface area contributed by atoms with Gasteiger partial charge in [-0.15, -0.1) is 0 Å². The van der Waals surface area contributed by atoms with Gasteiger partial charge in [0.15, 0.2) is 0 Å². The maximum atomic E-state index is 13.6. The molecule has 1 aliphatic rings. The summed E-state index contributed by atoms with van der Waals surface area (Å²) in [5, 5.41) is 0.936. The van der Waals surface area contributed by atoms with Gasteiger partial charge < -0.3 is 14.6 Å². The fraction of sp³-hybridized carbons (Fsp3) is 0.120. The maximum Gasteiger partial charge on any atom is 0.325 e. The Morgan fingerprint density at radius 2 is 1.74 bits per heavy atom. The van der Waals surface area contributed by atoms with Crippen molar-refractivity contribution in [1.29, 1.82) is 0 Å². The molecule has 0 fully saturated rings. The van der Waals surface area contributed by atoms with Crippen LogP contribution in [0.3, 0.4) is 0 Å². The van der Waals surface area contributed by atoms with Crippen LogP contribution >= 0.6 is 0 Å². The molecule has 0 saturated heterocycles. The summed E-state index contributed by atoms with van der Waals surface area (Å²) in [7, 11) is 1.31. The molecule has 5 nitrogen and oxygen atoms in total. The Balaban J connectivity index is 1.78. The van der Waals surface area contributed by atoms with Gasteiger partial charge in [-0.1, -0.05) is 36.4 Å². The Kier molecular flexibility index (Phi) is 4.55. The highest BCUT2D eigenvalue weighted by Crippen LogP contribution is 2.45. The fourth-order valence-electron chi connectivity index (χ4n) is 4.34. The number of halogens is 1. The number of fused-ring (bicyclic) bond motifs is 2. The first-order chi connectivity index (χ1) is 15.1. The molecule has 2 heterocycles. The summed E-state index contributed by atoms with van der Waals surface area (Å²) < 4.78 is 18.4. The van der Waals surface area contributed by atoms with E-state index in [1.54, 1.807) is 23.1 Å². The average molecular weight is 414 g/mol. The molecule has 1 aromatic heterocycles. The second kappa shape index (κ2) is 7.40. The van der Waals surface area contributed by atoms with Crippen molar-refractivity contribution in [2.45, 2.75) is 6.04 Å². The van der Waals surface area contributed by atoms with Crippen LogP contribution in [0.1, 0.15) is 27.5 Å². The van der Waals surface area contributed by atoms with E-state index in [-0.39, 0.29) is 18.3 Å². The van der Waals surface area contributed by atoms with E-state index >= 15 is 0 Å². The van der Waals surface area contributed by atoms with E-state index < -0.39 is 12.0 Å². The predicted molar refractivity (Wildman–Crippen MR) is 115 cm³/mol. The number of methoxy groups -OCH3 is 1. The molecule has 1 amide bonds. The van der Waals surface area contributed by atoms with Gasteiger partial charge in [0.25, 0.3) is 5.91 Å². The third-order valence-electron chi connectivity index (χ3n) is 5.74. The smallest absolute Gasteiger partial charge is 0.325 e. The van der Waals surface area contributed by atoms with E-state index in [0.29, 0.717) is 5.56 Å². The number of rotatable bonds is 4. The van der Waals surface area contributed by atoms with Gasteiger partial charge in [0, 0.05) is 22.0 Å². The molecular weight excluding hydrogens is 395 g/mol. The number of hydrogen-bond acceptors (Lipinski definition) is 3. The summed E-state index contributed by atoms with van der Waals surface area (Å²) in [4.78, 5) is 30.4. The van der Waals surface area contributed by atoms with Gasteiger partial charge in [-0.3, -0.25) is 9.59 Å². The quantitative estimate of drug-likeness (QED) is 0.493. The number of esters is 1. The third-order valence-corrected chi connectivity index (χ3v) is 5.74. The van der Waals surface area contributed by atoms with Gasteiger partial charge >= 0.3 is 5.97 Å². The van der Waals surface area contributed by atoms with Crippen molar-refractivity contribution >= 4 is 22.8 Å². The molecule has 1 aliphatic heterocycles. The summed E-state index contributed by atoms with van der Waals surface area (Å²) in [6.07, 6.45) is 0. The van der Waals surface area contributed by atoms with Crippen LogP contribution < -0.4 is 0 Å². The lowest BCUT2D eigenvalue weighted by molar-refractivity contribution is -0.141. The lowest BCUT2D eigenvalue weighted by Crippen LogP contribution is -2.34. The number of hydrogen-bond donors (Lipinski definition) is 1. The molecule has 0 radical (unpaired) electrons. The van der Waals surface area contributed by atoms with E-state index in [0.717, 1.165) is 33.3 Å². The number of carbonyl (C=O) groups excluding carboxylic acids is 2. The maximum absolute atomic E-state index is 13.6. The standard InChI is InChI=1S/C25H19FN2O3/c1-31-21(29)14-28-24(17-6-2-3-7-18(17)25(28)30)22-19-8-4-5-9-20(19)27-23(22)15-10-12-16(26)13-11-15/h2-13,24,27H,14H2,1H3. The minimum absolute atomic E-state index is 0.170. The molecular formula is C25H19FN2O3. The minimum atomic E-state index is -0.491. The summed E-state index contributed by atoms with van der Waals surface area (Å²) in [6, 6.07) is 20.9. The van der Waals surface area contributed by atoms with Crippen LogP contribution in [0.2, 0.25) is 0 Å². The zero-order chi connectivity index (χ0) is 21.5. The van der Waals surface area contributed by atoms with Crippen LogP contribution in [0.25, 0.3) is 22.2 Å². The predicted octanol–water partition coefficient (Wildman–Crippen LogP) is 4.69. The van der Waals surface area contributed by atoms with Crippen LogP contribution in [0.5, 0.6) is 0 Å². The normalized spacial score (nSPS) is 15.4. The van der Waals surface area contributed by atoms with Gasteiger partial charge in [0.2, 0.25) is 0 Å². The van der Waals surface area contributed by atoms with Crippen LogP contribution in [0.15, 0.2) is 72.8 Å². The monoisotopic (exact) mass is 414 g/mol. The zero-order valence-electron chi connectivity index (χ0n) is 16.8. The van der Waals surface area contributed by atoms with E-state index in [2.05, 4.69) is 4.98 Å². The Morgan fingerprint density at radius 1 is 1.03 bits per heavy atom. The first kappa shape index (κ1) is 19.1. The molecule has 1 unspecified atom stereocenters. The Morgan fingerprint density at radius 3 is 2.52 bits per heavy atom. The lowest BCUT2D eigenvalue weighted by atomic mass is 9.93. The molecule has 0 spiro atoms. The first-order valence-corrected chi connectivity index (χ1v) is 9.91. The Bertz CT molecular complexity index is 1310. The van der Waals surface area contributed by atoms with Crippen molar-refractivity contribution in [2.24, 2.45) is 0 Å². The van der Waals surface area contributed by atoms with Gasteiger partial charge in [-0.25, -0.2) is 4.39 Å². The largest absolute Gasteiger partial charge is 0.468 e. The van der Waals surface area contributed by atoms with Crippen molar-refractivity contribution in [2.75, 3.05) is 13.7 Å². The van der Waals surface area contributed by atoms with Crippen molar-refractivity contribution in [3.05, 3.63) is 95.3 Å². The van der Waals surface area contributed by atoms with Crippen molar-refractivity contribution < 1.29 is 18.7 Å². The number of H-pyrrole nitrogens is 1. The first-order valence-electron chi connectivity index (χ1n) is 9.91. The molecule has 5 rings (SSSR count). The molecule has 3 aromatic carbocycles. The topological polar surface area (TPSA) is 62.4 Å². The van der Waals surface area contributed by atoms with Crippen LogP contribution in [-0.2, 0) is 9.53 Å². The minimum Gasteiger partial charge on any atom is -0.468 e. The number of nitrogens with zero attached hydrogens (tertiary/aromatic N) is 1. The number of ether oxygens (including phenoxy) is 1. The van der Waals surface area contributed by atoms with E-state index in [4.69, 9.17) is 4.74 Å². The number of amides is 1. The molecule has 154 valence electrons. The molecule has 1 atom stereocenters. The van der Waals surface area contributed by atoms with Crippen LogP contribution in [-0.4, -0.2) is 35.4 Å². The van der Waals surface area contributed by atoms with Crippen LogP contribution in [0, 0.1) is 5.82 Å². The molecule has 4 aromatic rings. The summed E-state index contributed by atoms with van der Waals surface area (Å²) >= 11 is 0. The molecule has 0 bridgehead atoms. The molecule has 0 saturated carbocycles. The van der Waals surface area contributed by atoms with E-state index in [1.165, 1.54) is 19.2 Å². The molecule has 6 heteroatoms. The Hall–Kier alpha value is -3.93. The van der Waals surface area contributed by atoms with E-state index in [1.807, 2.05) is 42.5 Å². The van der Waals surface area contributed by atoms with Crippen LogP contribution in [0.4, 0.5) is 4.39 Å². The number of carbonyl (C=O) groups is 2. The fourth-order valence-corrected chi connectivity index (χ4v) is 4.34. The number of aromatic nitrogens is 1. The van der Waals surface area contributed by atoms with Crippen molar-refractivity contribution in [3.63, 3.8) is 0 Å². The van der Waals surface area contributed by atoms with Gasteiger partial charge in [-0.2, -0.15) is 0 Å². The summed E-state index contributed by atoms with van der Waals surface area (Å²) in [6.45, 7) is -0.170. The molecule has 1 N–H and O–H groups in total. The second-order valence-electron chi connectivity index (χ2n) is 7.47. The number of aromatic amines is 1. The third kappa shape index (κ3) is 3.08. The lowest BCUT2D eigenvalue weighted by Gasteiger charge is -2.25.